The number of nitrogens with zero attached hydrogens (tertiary/aromatic N) is 1. The number of hydrogen-bond donors (Lipinski definition) is 0. The van der Waals surface area contributed by atoms with Gasteiger partial charge in [-0.1, -0.05) is 22.9 Å². The van der Waals surface area contributed by atoms with Crippen molar-refractivity contribution in [1.29, 1.82) is 0 Å². The number of sulfone groups is 1. The number of halogens is 1. The second-order valence-corrected chi connectivity index (χ2v) is 5.99. The summed E-state index contributed by atoms with van der Waals surface area (Å²) in [5, 5.41) is 0.885. The summed E-state index contributed by atoms with van der Waals surface area (Å²) in [6, 6.07) is 0. The van der Waals surface area contributed by atoms with Crippen molar-refractivity contribution in [2.45, 2.75) is 6.92 Å². The SMILES string of the molecule is CCS(=O)(=O)CCN(C)CCBr. The van der Waals surface area contributed by atoms with E-state index in [0.717, 1.165) is 11.9 Å². The Morgan fingerprint density at radius 2 is 1.92 bits per heavy atom. The summed E-state index contributed by atoms with van der Waals surface area (Å²) in [5.41, 5.74) is 0. The Morgan fingerprint density at radius 3 is 2.33 bits per heavy atom. The third kappa shape index (κ3) is 5.97. The van der Waals surface area contributed by atoms with E-state index < -0.39 is 9.84 Å². The molecule has 0 atom stereocenters. The lowest BCUT2D eigenvalue weighted by Gasteiger charge is -2.13. The van der Waals surface area contributed by atoms with Gasteiger partial charge in [0.25, 0.3) is 0 Å². The van der Waals surface area contributed by atoms with Gasteiger partial charge in [-0.2, -0.15) is 0 Å². The van der Waals surface area contributed by atoms with Crippen molar-refractivity contribution in [2.75, 3.05) is 37.0 Å². The molecule has 5 heteroatoms. The van der Waals surface area contributed by atoms with Crippen molar-refractivity contribution in [1.82, 2.24) is 4.90 Å². The predicted octanol–water partition coefficient (Wildman–Crippen LogP) is 0.748. The van der Waals surface area contributed by atoms with Crippen LogP contribution in [-0.2, 0) is 9.84 Å². The van der Waals surface area contributed by atoms with Crippen LogP contribution in [0.2, 0.25) is 0 Å². The van der Waals surface area contributed by atoms with E-state index in [-0.39, 0.29) is 11.5 Å². The maximum absolute atomic E-state index is 11.1. The monoisotopic (exact) mass is 257 g/mol. The first-order valence-electron chi connectivity index (χ1n) is 3.96. The van der Waals surface area contributed by atoms with Crippen LogP contribution in [0.3, 0.4) is 0 Å². The van der Waals surface area contributed by atoms with Gasteiger partial charge < -0.3 is 4.90 Å². The van der Waals surface area contributed by atoms with Crippen LogP contribution in [0, 0.1) is 0 Å². The van der Waals surface area contributed by atoms with Crippen molar-refractivity contribution in [3.63, 3.8) is 0 Å². The molecule has 0 amide bonds. The van der Waals surface area contributed by atoms with Crippen molar-refractivity contribution >= 4 is 25.8 Å². The van der Waals surface area contributed by atoms with Crippen LogP contribution in [0.15, 0.2) is 0 Å². The first-order valence-corrected chi connectivity index (χ1v) is 6.91. The summed E-state index contributed by atoms with van der Waals surface area (Å²) in [4.78, 5) is 2.00. The number of rotatable bonds is 6. The molecule has 0 bridgehead atoms. The highest BCUT2D eigenvalue weighted by molar-refractivity contribution is 9.09. The van der Waals surface area contributed by atoms with Crippen LogP contribution >= 0.6 is 15.9 Å². The fraction of sp³-hybridized carbons (Fsp3) is 1.00. The molecular formula is C7H16BrNO2S. The quantitative estimate of drug-likeness (QED) is 0.660. The van der Waals surface area contributed by atoms with Crippen LogP contribution in [0.1, 0.15) is 6.92 Å². The standard InChI is InChI=1S/C7H16BrNO2S/c1-3-12(10,11)7-6-9(2)5-4-8/h3-7H2,1-2H3. The molecule has 0 aliphatic rings. The predicted molar refractivity (Wildman–Crippen MR) is 55.6 cm³/mol. The first-order chi connectivity index (χ1) is 5.52. The molecule has 3 nitrogen and oxygen atoms in total. The number of alkyl halides is 1. The minimum Gasteiger partial charge on any atom is -0.305 e. The Bertz CT molecular complexity index is 203. The molecule has 0 saturated heterocycles. The molecule has 74 valence electrons. The normalized spacial score (nSPS) is 12.3. The zero-order valence-electron chi connectivity index (χ0n) is 7.59. The Balaban J connectivity index is 3.68. The second kappa shape index (κ2) is 5.94. The van der Waals surface area contributed by atoms with E-state index in [2.05, 4.69) is 15.9 Å². The van der Waals surface area contributed by atoms with E-state index in [9.17, 15) is 8.42 Å². The Hall–Kier alpha value is 0.390. The number of hydrogen-bond acceptors (Lipinski definition) is 3. The van der Waals surface area contributed by atoms with Gasteiger partial charge in [0.15, 0.2) is 9.84 Å². The summed E-state index contributed by atoms with van der Waals surface area (Å²) < 4.78 is 22.1. The van der Waals surface area contributed by atoms with Gasteiger partial charge in [0.05, 0.1) is 5.75 Å². The van der Waals surface area contributed by atoms with E-state index in [1.54, 1.807) is 6.92 Å². The van der Waals surface area contributed by atoms with Crippen molar-refractivity contribution < 1.29 is 8.42 Å². The molecule has 0 fully saturated rings. The summed E-state index contributed by atoms with van der Waals surface area (Å²) in [7, 11) is -0.867. The average molecular weight is 258 g/mol. The largest absolute Gasteiger partial charge is 0.305 e. The summed E-state index contributed by atoms with van der Waals surface area (Å²) in [6.45, 7) is 3.20. The molecule has 0 N–H and O–H groups in total. The van der Waals surface area contributed by atoms with Gasteiger partial charge in [0, 0.05) is 24.2 Å². The summed E-state index contributed by atoms with van der Waals surface area (Å²) >= 11 is 3.30. The molecule has 0 radical (unpaired) electrons. The average Bonchev–Trinajstić information content (AvgIpc) is 2.02. The molecule has 0 heterocycles. The van der Waals surface area contributed by atoms with E-state index in [4.69, 9.17) is 0 Å². The van der Waals surface area contributed by atoms with Crippen molar-refractivity contribution in [2.24, 2.45) is 0 Å². The lowest BCUT2D eigenvalue weighted by molar-refractivity contribution is 0.377. The van der Waals surface area contributed by atoms with E-state index >= 15 is 0 Å². The fourth-order valence-corrected chi connectivity index (χ4v) is 2.18. The lowest BCUT2D eigenvalue weighted by atomic mass is 10.6. The molecule has 0 unspecified atom stereocenters. The molecule has 0 spiro atoms. The molecule has 0 aromatic carbocycles. The van der Waals surface area contributed by atoms with Crippen LogP contribution in [0.25, 0.3) is 0 Å². The molecule has 0 rings (SSSR count). The molecule has 0 aromatic rings. The molecule has 0 aliphatic heterocycles. The van der Waals surface area contributed by atoms with Crippen LogP contribution in [0.4, 0.5) is 0 Å². The Kier molecular flexibility index (Phi) is 6.13. The van der Waals surface area contributed by atoms with Crippen LogP contribution in [-0.4, -0.2) is 50.3 Å². The molecular weight excluding hydrogens is 242 g/mol. The highest BCUT2D eigenvalue weighted by atomic mass is 79.9. The third-order valence-electron chi connectivity index (χ3n) is 1.69. The van der Waals surface area contributed by atoms with E-state index in [1.807, 2.05) is 11.9 Å². The molecule has 0 aromatic heterocycles. The van der Waals surface area contributed by atoms with E-state index in [0.29, 0.717) is 6.54 Å². The smallest absolute Gasteiger partial charge is 0.151 e. The molecule has 12 heavy (non-hydrogen) atoms. The molecule has 0 aliphatic carbocycles. The van der Waals surface area contributed by atoms with Gasteiger partial charge in [0.1, 0.15) is 0 Å². The van der Waals surface area contributed by atoms with Gasteiger partial charge in [0.2, 0.25) is 0 Å². The van der Waals surface area contributed by atoms with Crippen molar-refractivity contribution in [3.8, 4) is 0 Å². The van der Waals surface area contributed by atoms with Gasteiger partial charge in [-0.3, -0.25) is 0 Å². The van der Waals surface area contributed by atoms with Crippen LogP contribution in [0.5, 0.6) is 0 Å². The van der Waals surface area contributed by atoms with Crippen molar-refractivity contribution in [3.05, 3.63) is 0 Å². The summed E-state index contributed by atoms with van der Waals surface area (Å²) in [5.74, 6) is 0.516. The summed E-state index contributed by atoms with van der Waals surface area (Å²) in [6.07, 6.45) is 0. The maximum Gasteiger partial charge on any atom is 0.151 e. The minimum atomic E-state index is -2.79. The minimum absolute atomic E-state index is 0.245. The van der Waals surface area contributed by atoms with Gasteiger partial charge in [-0.15, -0.1) is 0 Å². The second-order valence-electron chi connectivity index (χ2n) is 2.73. The zero-order chi connectivity index (χ0) is 9.61. The highest BCUT2D eigenvalue weighted by Crippen LogP contribution is 1.92. The topological polar surface area (TPSA) is 37.4 Å². The Labute approximate surface area is 83.2 Å². The van der Waals surface area contributed by atoms with Gasteiger partial charge in [-0.25, -0.2) is 8.42 Å². The maximum atomic E-state index is 11.1. The lowest BCUT2D eigenvalue weighted by Crippen LogP contribution is -2.27. The third-order valence-corrected chi connectivity index (χ3v) is 3.73. The first kappa shape index (κ1) is 12.4. The van der Waals surface area contributed by atoms with Gasteiger partial charge >= 0.3 is 0 Å². The van der Waals surface area contributed by atoms with Crippen LogP contribution < -0.4 is 0 Å². The van der Waals surface area contributed by atoms with E-state index in [1.165, 1.54) is 0 Å². The Morgan fingerprint density at radius 1 is 1.33 bits per heavy atom. The zero-order valence-corrected chi connectivity index (χ0v) is 9.99. The molecule has 0 saturated carbocycles. The van der Waals surface area contributed by atoms with Gasteiger partial charge in [-0.05, 0) is 7.05 Å². The fourth-order valence-electron chi connectivity index (χ4n) is 0.695. The highest BCUT2D eigenvalue weighted by Gasteiger charge is 2.08.